The Morgan fingerprint density at radius 1 is 0.250 bits per heavy atom. The molecule has 0 atom stereocenters. The number of hydrogen-bond acceptors (Lipinski definition) is 4. The first kappa shape index (κ1) is 58.3. The predicted molar refractivity (Wildman–Crippen MR) is 240 cm³/mol. The average molecular weight is 739 g/mol. The van der Waals surface area contributed by atoms with Gasteiger partial charge in [-0.05, 0) is 38.9 Å². The number of rotatable bonds is 40. The van der Waals surface area contributed by atoms with E-state index in [9.17, 15) is 0 Å². The highest BCUT2D eigenvalue weighted by Gasteiger charge is 1.96. The second-order valence-electron chi connectivity index (χ2n) is 15.7. The molecule has 0 saturated carbocycles. The SMILES string of the molecule is CCCCCCCCCCCCCCCCCCN.CCCCCCCCCCCCCCCCN.CCCCCCCCCCCCN.C[C]=O. The van der Waals surface area contributed by atoms with Gasteiger partial charge >= 0.3 is 0 Å². The molecule has 52 heavy (non-hydrogen) atoms. The van der Waals surface area contributed by atoms with Crippen LogP contribution < -0.4 is 17.2 Å². The molecule has 0 bridgehead atoms. The van der Waals surface area contributed by atoms with Crippen molar-refractivity contribution in [2.24, 2.45) is 17.2 Å². The molecule has 0 heterocycles. The van der Waals surface area contributed by atoms with Crippen molar-refractivity contribution in [3.8, 4) is 0 Å². The number of unbranched alkanes of at least 4 members (excludes halogenated alkanes) is 37. The molecule has 6 N–H and O–H groups in total. The first-order chi connectivity index (χ1) is 25.7. The Kier molecular flexibility index (Phi) is 73.3. The van der Waals surface area contributed by atoms with Gasteiger partial charge in [-0.25, -0.2) is 0 Å². The lowest BCUT2D eigenvalue weighted by molar-refractivity contribution is 0.530. The van der Waals surface area contributed by atoms with Crippen LogP contribution in [0.3, 0.4) is 0 Å². The number of hydrogen-bond donors (Lipinski definition) is 3. The fraction of sp³-hybridized carbons (Fsp3) is 0.979. The highest BCUT2D eigenvalue weighted by atomic mass is 16.1. The zero-order valence-corrected chi connectivity index (χ0v) is 37.0. The van der Waals surface area contributed by atoms with Gasteiger partial charge in [-0.2, -0.15) is 0 Å². The second kappa shape index (κ2) is 65.4. The predicted octanol–water partition coefficient (Wildman–Crippen LogP) is 15.6. The molecule has 0 fully saturated rings. The van der Waals surface area contributed by atoms with Crippen molar-refractivity contribution in [3.05, 3.63) is 0 Å². The summed E-state index contributed by atoms with van der Waals surface area (Å²) in [5, 5.41) is 0. The molecule has 0 aliphatic rings. The average Bonchev–Trinajstić information content (AvgIpc) is 3.15. The monoisotopic (exact) mass is 739 g/mol. The van der Waals surface area contributed by atoms with E-state index in [-0.39, 0.29) is 0 Å². The molecule has 0 spiro atoms. The summed E-state index contributed by atoms with van der Waals surface area (Å²) in [5.41, 5.74) is 16.4. The van der Waals surface area contributed by atoms with E-state index in [0.29, 0.717) is 0 Å². The molecule has 4 heteroatoms. The quantitative estimate of drug-likeness (QED) is 0.0545. The van der Waals surface area contributed by atoms with Gasteiger partial charge in [0, 0.05) is 6.92 Å². The van der Waals surface area contributed by atoms with Crippen molar-refractivity contribution in [2.45, 2.75) is 285 Å². The topological polar surface area (TPSA) is 95.1 Å². The van der Waals surface area contributed by atoms with Crippen molar-refractivity contribution in [1.82, 2.24) is 0 Å². The third kappa shape index (κ3) is 74.7. The van der Waals surface area contributed by atoms with Crippen LogP contribution in [0.4, 0.5) is 0 Å². The molecule has 317 valence electrons. The molecule has 0 aromatic rings. The zero-order valence-electron chi connectivity index (χ0n) is 37.0. The zero-order chi connectivity index (χ0) is 39.1. The molecule has 0 aliphatic heterocycles. The van der Waals surface area contributed by atoms with Gasteiger partial charge in [-0.15, -0.1) is 0 Å². The molecule has 1 radical (unpaired) electrons. The van der Waals surface area contributed by atoms with Gasteiger partial charge in [-0.1, -0.05) is 258 Å². The van der Waals surface area contributed by atoms with E-state index in [2.05, 4.69) is 20.8 Å². The Balaban J connectivity index is -0.000000324. The summed E-state index contributed by atoms with van der Waals surface area (Å²) in [4.78, 5) is 8.68. The molecular weight excluding hydrogens is 635 g/mol. The first-order valence-corrected chi connectivity index (χ1v) is 24.1. The second-order valence-corrected chi connectivity index (χ2v) is 15.7. The van der Waals surface area contributed by atoms with E-state index >= 15 is 0 Å². The summed E-state index contributed by atoms with van der Waals surface area (Å²) in [6, 6.07) is 0. The van der Waals surface area contributed by atoms with Gasteiger partial charge in [0.2, 0.25) is 0 Å². The first-order valence-electron chi connectivity index (χ1n) is 24.1. The molecular formula is C48H104N3O. The van der Waals surface area contributed by atoms with Gasteiger partial charge in [-0.3, -0.25) is 4.79 Å². The van der Waals surface area contributed by atoms with E-state index in [1.807, 2.05) is 0 Å². The molecule has 0 aromatic carbocycles. The lowest BCUT2D eigenvalue weighted by atomic mass is 10.0. The Hall–Kier alpha value is -0.450. The van der Waals surface area contributed by atoms with Crippen LogP contribution in [0.5, 0.6) is 0 Å². The van der Waals surface area contributed by atoms with Crippen LogP contribution in [-0.4, -0.2) is 25.9 Å². The van der Waals surface area contributed by atoms with Crippen molar-refractivity contribution >= 4 is 6.29 Å². The lowest BCUT2D eigenvalue weighted by Gasteiger charge is -2.03. The van der Waals surface area contributed by atoms with E-state index < -0.39 is 0 Å². The minimum absolute atomic E-state index is 0.872. The minimum atomic E-state index is 0.872. The van der Waals surface area contributed by atoms with E-state index in [1.165, 1.54) is 270 Å². The molecule has 0 amide bonds. The highest BCUT2D eigenvalue weighted by Crippen LogP contribution is 2.15. The van der Waals surface area contributed by atoms with Crippen LogP contribution in [0, 0.1) is 0 Å². The third-order valence-electron chi connectivity index (χ3n) is 10.2. The van der Waals surface area contributed by atoms with Crippen LogP contribution in [0.1, 0.15) is 285 Å². The van der Waals surface area contributed by atoms with Crippen LogP contribution in [-0.2, 0) is 4.79 Å². The number of carbonyl (C=O) groups excluding carboxylic acids is 1. The van der Waals surface area contributed by atoms with Crippen molar-refractivity contribution in [1.29, 1.82) is 0 Å². The van der Waals surface area contributed by atoms with E-state index in [4.69, 9.17) is 22.0 Å². The third-order valence-corrected chi connectivity index (χ3v) is 10.2. The van der Waals surface area contributed by atoms with Gasteiger partial charge in [0.15, 0.2) is 6.29 Å². The highest BCUT2D eigenvalue weighted by molar-refractivity contribution is 5.45. The van der Waals surface area contributed by atoms with Gasteiger partial charge < -0.3 is 17.2 Å². The lowest BCUT2D eigenvalue weighted by Crippen LogP contribution is -1.97. The molecule has 0 unspecified atom stereocenters. The summed E-state index contributed by atoms with van der Waals surface area (Å²) < 4.78 is 0. The molecule has 0 rings (SSSR count). The largest absolute Gasteiger partial charge is 0.330 e. The van der Waals surface area contributed by atoms with Crippen molar-refractivity contribution in [3.63, 3.8) is 0 Å². The normalized spacial score (nSPS) is 10.5. The van der Waals surface area contributed by atoms with Crippen LogP contribution in [0.15, 0.2) is 0 Å². The molecule has 0 aliphatic carbocycles. The fourth-order valence-corrected chi connectivity index (χ4v) is 6.66. The number of nitrogens with two attached hydrogens (primary N) is 3. The Morgan fingerprint density at radius 3 is 0.442 bits per heavy atom. The minimum Gasteiger partial charge on any atom is -0.330 e. The van der Waals surface area contributed by atoms with Gasteiger partial charge in [0.05, 0.1) is 0 Å². The van der Waals surface area contributed by atoms with E-state index in [1.54, 1.807) is 0 Å². The maximum Gasteiger partial charge on any atom is 0.195 e. The van der Waals surface area contributed by atoms with Gasteiger partial charge in [0.25, 0.3) is 0 Å². The van der Waals surface area contributed by atoms with Crippen LogP contribution >= 0.6 is 0 Å². The summed E-state index contributed by atoms with van der Waals surface area (Å²) in [6.45, 7) is 10.8. The Labute approximate surface area is 331 Å². The standard InChI is InChI=1S/C18H39N.C16H35N.C12H27N.C2H3O/c1-2-3-4-5-6-7-8-9-10-11-12-13-14-15-16-17-18-19;1-2-3-4-5-6-7-8-9-10-11-12-13-14-15-16-17;1-2-3-4-5-6-7-8-9-10-11-12-13;1-2-3/h2-19H2,1H3;2-17H2,1H3;2-13H2,1H3;1H3. The molecule has 0 aromatic heterocycles. The molecule has 4 nitrogen and oxygen atoms in total. The Bertz CT molecular complexity index is 490. The van der Waals surface area contributed by atoms with E-state index in [0.717, 1.165) is 19.6 Å². The summed E-state index contributed by atoms with van der Waals surface area (Å²) >= 11 is 0. The maximum absolute atomic E-state index is 8.68. The summed E-state index contributed by atoms with van der Waals surface area (Å²) in [5.74, 6) is 0. The van der Waals surface area contributed by atoms with Crippen LogP contribution in [0.25, 0.3) is 0 Å². The van der Waals surface area contributed by atoms with Crippen LogP contribution in [0.2, 0.25) is 0 Å². The maximum atomic E-state index is 8.68. The van der Waals surface area contributed by atoms with Gasteiger partial charge in [0.1, 0.15) is 0 Å². The Morgan fingerprint density at radius 2 is 0.346 bits per heavy atom. The summed E-state index contributed by atoms with van der Waals surface area (Å²) in [6.07, 6.45) is 58.2. The fourth-order valence-electron chi connectivity index (χ4n) is 6.66. The van der Waals surface area contributed by atoms with Crippen molar-refractivity contribution < 1.29 is 4.79 Å². The summed E-state index contributed by atoms with van der Waals surface area (Å²) in [7, 11) is 0. The molecule has 0 saturated heterocycles. The van der Waals surface area contributed by atoms with Crippen molar-refractivity contribution in [2.75, 3.05) is 19.6 Å². The smallest absolute Gasteiger partial charge is 0.195 e.